The number of pyridine rings is 1. The molecule has 1 aromatic rings. The van der Waals surface area contributed by atoms with Crippen LogP contribution in [0.25, 0.3) is 0 Å². The molecule has 0 radical (unpaired) electrons. The molecule has 0 atom stereocenters. The topological polar surface area (TPSA) is 102 Å². The third-order valence-corrected chi connectivity index (χ3v) is 3.95. The molecule has 2 N–H and O–H groups in total. The fourth-order valence-corrected chi connectivity index (χ4v) is 2.90. The smallest absolute Gasteiger partial charge is 0.300 e. The molecule has 7 nitrogen and oxygen atoms in total. The standard InChI is InChI=1S/C14H20N4O3/c1-2-17(10-6-4-3-5-7-10)14(19)11-8-13(15)16-9-12(11)18(20)21/h8-10H,2-7H2,1H3,(H2,15,16). The fraction of sp³-hybridized carbons (Fsp3) is 0.571. The Morgan fingerprint density at radius 1 is 1.48 bits per heavy atom. The van der Waals surface area contributed by atoms with Crippen LogP contribution in [0.1, 0.15) is 49.4 Å². The number of nitrogens with zero attached hydrogens (tertiary/aromatic N) is 3. The van der Waals surface area contributed by atoms with Crippen molar-refractivity contribution in [3.63, 3.8) is 0 Å². The minimum atomic E-state index is -0.589. The van der Waals surface area contributed by atoms with E-state index in [1.165, 1.54) is 12.5 Å². The van der Waals surface area contributed by atoms with E-state index in [9.17, 15) is 14.9 Å². The molecule has 0 spiro atoms. The molecule has 1 fully saturated rings. The first-order valence-corrected chi connectivity index (χ1v) is 7.25. The Morgan fingerprint density at radius 3 is 2.71 bits per heavy atom. The highest BCUT2D eigenvalue weighted by molar-refractivity contribution is 5.98. The highest BCUT2D eigenvalue weighted by atomic mass is 16.6. The summed E-state index contributed by atoms with van der Waals surface area (Å²) in [5.41, 5.74) is 5.32. The van der Waals surface area contributed by atoms with Gasteiger partial charge in [-0.2, -0.15) is 0 Å². The van der Waals surface area contributed by atoms with Crippen molar-refractivity contribution >= 4 is 17.4 Å². The van der Waals surface area contributed by atoms with E-state index in [4.69, 9.17) is 5.73 Å². The number of hydrogen-bond acceptors (Lipinski definition) is 5. The van der Waals surface area contributed by atoms with Gasteiger partial charge in [0.2, 0.25) is 0 Å². The van der Waals surface area contributed by atoms with E-state index >= 15 is 0 Å². The van der Waals surface area contributed by atoms with Crippen LogP contribution in [-0.2, 0) is 0 Å². The molecule has 114 valence electrons. The number of amides is 1. The van der Waals surface area contributed by atoms with Crippen molar-refractivity contribution in [3.8, 4) is 0 Å². The van der Waals surface area contributed by atoms with E-state index in [-0.39, 0.29) is 29.0 Å². The lowest BCUT2D eigenvalue weighted by Crippen LogP contribution is -2.41. The third kappa shape index (κ3) is 3.29. The van der Waals surface area contributed by atoms with Crippen LogP contribution in [0.2, 0.25) is 0 Å². The molecule has 2 rings (SSSR count). The zero-order chi connectivity index (χ0) is 15.4. The Labute approximate surface area is 123 Å². The summed E-state index contributed by atoms with van der Waals surface area (Å²) in [4.78, 5) is 28.6. The summed E-state index contributed by atoms with van der Waals surface area (Å²) in [6.45, 7) is 2.42. The van der Waals surface area contributed by atoms with E-state index in [0.29, 0.717) is 6.54 Å². The number of rotatable bonds is 4. The van der Waals surface area contributed by atoms with Gasteiger partial charge in [-0.05, 0) is 25.8 Å². The summed E-state index contributed by atoms with van der Waals surface area (Å²) >= 11 is 0. The molecule has 1 aromatic heterocycles. The monoisotopic (exact) mass is 292 g/mol. The van der Waals surface area contributed by atoms with Crippen molar-refractivity contribution in [3.05, 3.63) is 27.9 Å². The van der Waals surface area contributed by atoms with Gasteiger partial charge in [0.25, 0.3) is 11.6 Å². The lowest BCUT2D eigenvalue weighted by atomic mass is 9.93. The maximum Gasteiger partial charge on any atom is 0.300 e. The average Bonchev–Trinajstić information content (AvgIpc) is 2.48. The summed E-state index contributed by atoms with van der Waals surface area (Å²) < 4.78 is 0. The van der Waals surface area contributed by atoms with Crippen molar-refractivity contribution in [1.29, 1.82) is 0 Å². The van der Waals surface area contributed by atoms with Gasteiger partial charge < -0.3 is 10.6 Å². The molecule has 7 heteroatoms. The summed E-state index contributed by atoms with van der Waals surface area (Å²) in [6, 6.07) is 1.46. The molecular formula is C14H20N4O3. The second-order valence-electron chi connectivity index (χ2n) is 5.27. The number of nitrogens with two attached hydrogens (primary N) is 1. The Hall–Kier alpha value is -2.18. The molecule has 0 saturated heterocycles. The van der Waals surface area contributed by atoms with Crippen molar-refractivity contribution in [2.45, 2.75) is 45.1 Å². The fourth-order valence-electron chi connectivity index (χ4n) is 2.90. The molecular weight excluding hydrogens is 272 g/mol. The van der Waals surface area contributed by atoms with Crippen molar-refractivity contribution < 1.29 is 9.72 Å². The highest BCUT2D eigenvalue weighted by Crippen LogP contribution is 2.27. The average molecular weight is 292 g/mol. The van der Waals surface area contributed by atoms with Crippen molar-refractivity contribution in [2.24, 2.45) is 0 Å². The lowest BCUT2D eigenvalue weighted by molar-refractivity contribution is -0.385. The van der Waals surface area contributed by atoms with Crippen LogP contribution in [0.5, 0.6) is 0 Å². The summed E-state index contributed by atoms with van der Waals surface area (Å²) in [7, 11) is 0. The van der Waals surface area contributed by atoms with Crippen LogP contribution in [0.15, 0.2) is 12.3 Å². The number of anilines is 1. The summed E-state index contributed by atoms with van der Waals surface area (Å²) in [6.07, 6.45) is 6.33. The number of carbonyl (C=O) groups is 1. The molecule has 0 aromatic carbocycles. The quantitative estimate of drug-likeness (QED) is 0.678. The molecule has 1 amide bonds. The Morgan fingerprint density at radius 2 is 2.14 bits per heavy atom. The first kappa shape index (κ1) is 15.2. The molecule has 21 heavy (non-hydrogen) atoms. The number of aromatic nitrogens is 1. The minimum Gasteiger partial charge on any atom is -0.384 e. The molecule has 0 aliphatic heterocycles. The van der Waals surface area contributed by atoms with E-state index in [1.54, 1.807) is 4.90 Å². The maximum absolute atomic E-state index is 12.7. The number of nitrogen functional groups attached to an aromatic ring is 1. The van der Waals surface area contributed by atoms with Gasteiger partial charge >= 0.3 is 0 Å². The van der Waals surface area contributed by atoms with Gasteiger partial charge in [-0.25, -0.2) is 4.98 Å². The van der Waals surface area contributed by atoms with E-state index in [1.807, 2.05) is 6.92 Å². The predicted octanol–water partition coefficient (Wildman–Crippen LogP) is 2.37. The molecule has 1 saturated carbocycles. The molecule has 1 aliphatic carbocycles. The summed E-state index contributed by atoms with van der Waals surface area (Å²) in [5, 5.41) is 11.1. The number of hydrogen-bond donors (Lipinski definition) is 1. The molecule has 0 unspecified atom stereocenters. The van der Waals surface area contributed by atoms with E-state index < -0.39 is 4.92 Å². The normalized spacial score (nSPS) is 15.7. The molecule has 1 heterocycles. The van der Waals surface area contributed by atoms with Gasteiger partial charge in [0, 0.05) is 12.6 Å². The van der Waals surface area contributed by atoms with Crippen LogP contribution in [0, 0.1) is 10.1 Å². The number of carbonyl (C=O) groups excluding carboxylic acids is 1. The van der Waals surface area contributed by atoms with Crippen molar-refractivity contribution in [1.82, 2.24) is 9.88 Å². The van der Waals surface area contributed by atoms with Gasteiger partial charge in [0.1, 0.15) is 17.6 Å². The highest BCUT2D eigenvalue weighted by Gasteiger charge is 2.29. The van der Waals surface area contributed by atoms with Crippen LogP contribution >= 0.6 is 0 Å². The van der Waals surface area contributed by atoms with Crippen LogP contribution in [0.4, 0.5) is 11.5 Å². The molecule has 0 bridgehead atoms. The van der Waals surface area contributed by atoms with Crippen LogP contribution in [-0.4, -0.2) is 33.3 Å². The Kier molecular flexibility index (Phi) is 4.72. The summed E-state index contributed by atoms with van der Waals surface area (Å²) in [5.74, 6) is -0.214. The number of nitro groups is 1. The first-order chi connectivity index (χ1) is 10.0. The lowest BCUT2D eigenvalue weighted by Gasteiger charge is -2.33. The van der Waals surface area contributed by atoms with Gasteiger partial charge in [0.15, 0.2) is 0 Å². The maximum atomic E-state index is 12.7. The predicted molar refractivity (Wildman–Crippen MR) is 78.9 cm³/mol. The second kappa shape index (κ2) is 6.51. The Balaban J connectivity index is 2.32. The third-order valence-electron chi connectivity index (χ3n) is 3.95. The van der Waals surface area contributed by atoms with Crippen LogP contribution in [0.3, 0.4) is 0 Å². The SMILES string of the molecule is CCN(C(=O)c1cc(N)ncc1[N+](=O)[O-])C1CCCCC1. The van der Waals surface area contributed by atoms with Gasteiger partial charge in [-0.3, -0.25) is 14.9 Å². The first-order valence-electron chi connectivity index (χ1n) is 7.25. The van der Waals surface area contributed by atoms with E-state index in [0.717, 1.165) is 31.9 Å². The zero-order valence-electron chi connectivity index (χ0n) is 12.1. The second-order valence-corrected chi connectivity index (χ2v) is 5.27. The largest absolute Gasteiger partial charge is 0.384 e. The van der Waals surface area contributed by atoms with Gasteiger partial charge in [0.05, 0.1) is 4.92 Å². The van der Waals surface area contributed by atoms with E-state index in [2.05, 4.69) is 4.98 Å². The van der Waals surface area contributed by atoms with Crippen LogP contribution < -0.4 is 5.73 Å². The van der Waals surface area contributed by atoms with Gasteiger partial charge in [-0.15, -0.1) is 0 Å². The minimum absolute atomic E-state index is 0.0277. The molecule has 1 aliphatic rings. The zero-order valence-corrected chi connectivity index (χ0v) is 12.1. The Bertz CT molecular complexity index is 541. The van der Waals surface area contributed by atoms with Crippen molar-refractivity contribution in [2.75, 3.05) is 12.3 Å². The van der Waals surface area contributed by atoms with Gasteiger partial charge in [-0.1, -0.05) is 19.3 Å².